The molecule has 2 aromatic rings. The number of esters is 1. The van der Waals surface area contributed by atoms with E-state index in [1.807, 2.05) is 6.07 Å². The molecule has 0 aliphatic carbocycles. The molecule has 0 fully saturated rings. The molecule has 0 spiro atoms. The van der Waals surface area contributed by atoms with Gasteiger partial charge in [0, 0.05) is 0 Å². The smallest absolute Gasteiger partial charge is 0.338 e. The molecular formula is C14H8Cl2N2O2. The highest BCUT2D eigenvalue weighted by atomic mass is 35.5. The van der Waals surface area contributed by atoms with Gasteiger partial charge in [-0.05, 0) is 35.4 Å². The van der Waals surface area contributed by atoms with Crippen LogP contribution in [0.5, 0.6) is 0 Å². The third-order valence-corrected chi connectivity index (χ3v) is 3.02. The molecule has 0 saturated carbocycles. The van der Waals surface area contributed by atoms with Crippen LogP contribution in [0.15, 0.2) is 30.3 Å². The SMILES string of the molecule is COC(=O)c1cc(C#N)ccc1-c1cc(Cl)nc(Cl)c1. The fourth-order valence-electron chi connectivity index (χ4n) is 1.76. The zero-order valence-electron chi connectivity index (χ0n) is 10.4. The van der Waals surface area contributed by atoms with E-state index < -0.39 is 5.97 Å². The lowest BCUT2D eigenvalue weighted by molar-refractivity contribution is 0.0601. The highest BCUT2D eigenvalue weighted by molar-refractivity contribution is 6.32. The monoisotopic (exact) mass is 306 g/mol. The van der Waals surface area contributed by atoms with Crippen molar-refractivity contribution in [1.82, 2.24) is 4.98 Å². The number of benzene rings is 1. The number of hydrogen-bond donors (Lipinski definition) is 0. The highest BCUT2D eigenvalue weighted by Gasteiger charge is 2.15. The maximum Gasteiger partial charge on any atom is 0.338 e. The van der Waals surface area contributed by atoms with Crippen LogP contribution in [0.3, 0.4) is 0 Å². The second kappa shape index (κ2) is 5.91. The Balaban J connectivity index is 2.67. The summed E-state index contributed by atoms with van der Waals surface area (Å²) in [4.78, 5) is 15.7. The van der Waals surface area contributed by atoms with Gasteiger partial charge in [0.25, 0.3) is 0 Å². The molecule has 0 radical (unpaired) electrons. The molecular weight excluding hydrogens is 299 g/mol. The molecule has 0 saturated heterocycles. The van der Waals surface area contributed by atoms with Gasteiger partial charge in [-0.1, -0.05) is 29.3 Å². The third-order valence-electron chi connectivity index (χ3n) is 2.63. The van der Waals surface area contributed by atoms with E-state index in [-0.39, 0.29) is 15.9 Å². The van der Waals surface area contributed by atoms with E-state index in [1.165, 1.54) is 13.2 Å². The van der Waals surface area contributed by atoms with Crippen LogP contribution in [0, 0.1) is 11.3 Å². The highest BCUT2D eigenvalue weighted by Crippen LogP contribution is 2.29. The molecule has 100 valence electrons. The van der Waals surface area contributed by atoms with Crippen molar-refractivity contribution < 1.29 is 9.53 Å². The lowest BCUT2D eigenvalue weighted by atomic mass is 9.98. The minimum atomic E-state index is -0.541. The number of ether oxygens (including phenoxy) is 1. The summed E-state index contributed by atoms with van der Waals surface area (Å²) in [6.45, 7) is 0. The van der Waals surface area contributed by atoms with Crippen molar-refractivity contribution in [2.24, 2.45) is 0 Å². The second-order valence-electron chi connectivity index (χ2n) is 3.87. The molecule has 0 aliphatic rings. The molecule has 6 heteroatoms. The minimum Gasteiger partial charge on any atom is -0.465 e. The molecule has 1 heterocycles. The van der Waals surface area contributed by atoms with E-state index in [0.717, 1.165) is 0 Å². The fraction of sp³-hybridized carbons (Fsp3) is 0.0714. The van der Waals surface area contributed by atoms with Gasteiger partial charge in [-0.2, -0.15) is 5.26 Å². The Bertz CT molecular complexity index is 703. The number of aromatic nitrogens is 1. The van der Waals surface area contributed by atoms with Crippen LogP contribution in [0.1, 0.15) is 15.9 Å². The number of nitriles is 1. The molecule has 0 atom stereocenters. The van der Waals surface area contributed by atoms with Crippen LogP contribution < -0.4 is 0 Å². The van der Waals surface area contributed by atoms with Gasteiger partial charge in [-0.25, -0.2) is 9.78 Å². The van der Waals surface area contributed by atoms with Gasteiger partial charge in [0.05, 0.1) is 24.3 Å². The van der Waals surface area contributed by atoms with Crippen molar-refractivity contribution in [1.29, 1.82) is 5.26 Å². The van der Waals surface area contributed by atoms with Crippen molar-refractivity contribution >= 4 is 29.2 Å². The summed E-state index contributed by atoms with van der Waals surface area (Å²) in [5.74, 6) is -0.541. The van der Waals surface area contributed by atoms with Crippen molar-refractivity contribution in [3.05, 3.63) is 51.8 Å². The first-order valence-corrected chi connectivity index (χ1v) is 6.26. The van der Waals surface area contributed by atoms with Crippen LogP contribution in [0.25, 0.3) is 11.1 Å². The van der Waals surface area contributed by atoms with Gasteiger partial charge in [0.15, 0.2) is 0 Å². The molecule has 20 heavy (non-hydrogen) atoms. The molecule has 0 N–H and O–H groups in total. The Labute approximate surface area is 125 Å². The van der Waals surface area contributed by atoms with E-state index >= 15 is 0 Å². The van der Waals surface area contributed by atoms with Crippen molar-refractivity contribution in [2.75, 3.05) is 7.11 Å². The van der Waals surface area contributed by atoms with Gasteiger partial charge in [-0.3, -0.25) is 0 Å². The van der Waals surface area contributed by atoms with E-state index in [4.69, 9.17) is 33.2 Å². The largest absolute Gasteiger partial charge is 0.465 e. The summed E-state index contributed by atoms with van der Waals surface area (Å²) in [5.41, 5.74) is 1.83. The second-order valence-corrected chi connectivity index (χ2v) is 4.64. The number of pyridine rings is 1. The third kappa shape index (κ3) is 2.90. The van der Waals surface area contributed by atoms with Gasteiger partial charge in [-0.15, -0.1) is 0 Å². The Hall–Kier alpha value is -2.09. The number of methoxy groups -OCH3 is 1. The van der Waals surface area contributed by atoms with Crippen LogP contribution >= 0.6 is 23.2 Å². The van der Waals surface area contributed by atoms with Crippen LogP contribution in [-0.2, 0) is 4.74 Å². The number of rotatable bonds is 2. The van der Waals surface area contributed by atoms with Crippen LogP contribution in [0.2, 0.25) is 10.3 Å². The van der Waals surface area contributed by atoms with E-state index in [9.17, 15) is 4.79 Å². The Kier molecular flexibility index (Phi) is 4.23. The maximum absolute atomic E-state index is 11.8. The summed E-state index contributed by atoms with van der Waals surface area (Å²) in [6, 6.07) is 9.85. The average Bonchev–Trinajstić information content (AvgIpc) is 2.44. The van der Waals surface area contributed by atoms with Gasteiger partial charge >= 0.3 is 5.97 Å². The molecule has 1 aromatic carbocycles. The molecule has 2 rings (SSSR count). The summed E-state index contributed by atoms with van der Waals surface area (Å²) in [6.07, 6.45) is 0. The lowest BCUT2D eigenvalue weighted by Crippen LogP contribution is -2.04. The Morgan fingerprint density at radius 1 is 1.25 bits per heavy atom. The van der Waals surface area contributed by atoms with E-state index in [1.54, 1.807) is 24.3 Å². The zero-order chi connectivity index (χ0) is 14.7. The quantitative estimate of drug-likeness (QED) is 0.626. The fourth-order valence-corrected chi connectivity index (χ4v) is 2.23. The van der Waals surface area contributed by atoms with Crippen LogP contribution in [-0.4, -0.2) is 18.1 Å². The van der Waals surface area contributed by atoms with Crippen LogP contribution in [0.4, 0.5) is 0 Å². The number of carbonyl (C=O) groups excluding carboxylic acids is 1. The van der Waals surface area contributed by atoms with Crippen molar-refractivity contribution in [2.45, 2.75) is 0 Å². The first-order chi connectivity index (χ1) is 9.55. The predicted molar refractivity (Wildman–Crippen MR) is 75.7 cm³/mol. The number of nitrogens with zero attached hydrogens (tertiary/aromatic N) is 2. The number of hydrogen-bond acceptors (Lipinski definition) is 4. The van der Waals surface area contributed by atoms with Crippen molar-refractivity contribution in [3.8, 4) is 17.2 Å². The molecule has 1 aromatic heterocycles. The predicted octanol–water partition coefficient (Wildman–Crippen LogP) is 3.71. The molecule has 4 nitrogen and oxygen atoms in total. The molecule has 0 aliphatic heterocycles. The summed E-state index contributed by atoms with van der Waals surface area (Å²) >= 11 is 11.7. The maximum atomic E-state index is 11.8. The summed E-state index contributed by atoms with van der Waals surface area (Å²) in [5, 5.41) is 9.34. The Morgan fingerprint density at radius 3 is 2.45 bits per heavy atom. The molecule has 0 unspecified atom stereocenters. The van der Waals surface area contributed by atoms with Gasteiger partial charge < -0.3 is 4.74 Å². The topological polar surface area (TPSA) is 63.0 Å². The first kappa shape index (κ1) is 14.3. The molecule has 0 bridgehead atoms. The average molecular weight is 307 g/mol. The van der Waals surface area contributed by atoms with E-state index in [2.05, 4.69) is 4.98 Å². The van der Waals surface area contributed by atoms with Crippen molar-refractivity contribution in [3.63, 3.8) is 0 Å². The number of halogens is 2. The van der Waals surface area contributed by atoms with Gasteiger partial charge in [0.2, 0.25) is 0 Å². The summed E-state index contributed by atoms with van der Waals surface area (Å²) in [7, 11) is 1.28. The summed E-state index contributed by atoms with van der Waals surface area (Å²) < 4.78 is 4.73. The Morgan fingerprint density at radius 2 is 1.90 bits per heavy atom. The first-order valence-electron chi connectivity index (χ1n) is 5.51. The number of carbonyl (C=O) groups is 1. The van der Waals surface area contributed by atoms with E-state index in [0.29, 0.717) is 16.7 Å². The van der Waals surface area contributed by atoms with Gasteiger partial charge in [0.1, 0.15) is 10.3 Å². The molecule has 0 amide bonds. The normalized spacial score (nSPS) is 9.90. The lowest BCUT2D eigenvalue weighted by Gasteiger charge is -2.09. The zero-order valence-corrected chi connectivity index (χ0v) is 11.9. The minimum absolute atomic E-state index is 0.215. The standard InChI is InChI=1S/C14H8Cl2N2O2/c1-20-14(19)11-4-8(7-17)2-3-10(11)9-5-12(15)18-13(16)6-9/h2-6H,1H3.